The molecule has 1 atom stereocenters. The van der Waals surface area contributed by atoms with Crippen molar-refractivity contribution in [3.8, 4) is 0 Å². The van der Waals surface area contributed by atoms with E-state index in [-0.39, 0.29) is 0 Å². The average Bonchev–Trinajstić information content (AvgIpc) is 2.51. The van der Waals surface area contributed by atoms with Crippen molar-refractivity contribution < 1.29 is 0 Å². The van der Waals surface area contributed by atoms with Gasteiger partial charge in [0.2, 0.25) is 4.47 Å². The van der Waals surface area contributed by atoms with Crippen molar-refractivity contribution in [3.63, 3.8) is 0 Å². The normalized spacial score (nSPS) is 24.0. The lowest BCUT2D eigenvalue weighted by Crippen LogP contribution is -2.42. The first kappa shape index (κ1) is 10.3. The molecule has 2 rings (SSSR count). The van der Waals surface area contributed by atoms with E-state index in [1.807, 2.05) is 0 Å². The number of likely N-dealkylation sites (tertiary alicyclic amines) is 1. The van der Waals surface area contributed by atoms with Gasteiger partial charge in [0, 0.05) is 12.6 Å². The molecule has 2 heterocycles. The molecule has 0 amide bonds. The number of rotatable bonds is 2. The lowest BCUT2D eigenvalue weighted by Gasteiger charge is -2.29. The molecule has 1 aliphatic rings. The summed E-state index contributed by atoms with van der Waals surface area (Å²) in [7, 11) is 0. The molecule has 0 spiro atoms. The zero-order valence-electron chi connectivity index (χ0n) is 7.82. The first-order valence-electron chi connectivity index (χ1n) is 4.70. The van der Waals surface area contributed by atoms with Crippen LogP contribution in [0, 0.1) is 0 Å². The molecule has 6 heteroatoms. The molecule has 1 aromatic heterocycles. The molecule has 2 N–H and O–H groups in total. The fourth-order valence-corrected chi connectivity index (χ4v) is 2.63. The summed E-state index contributed by atoms with van der Waals surface area (Å²) in [5.41, 5.74) is 5.88. The number of aromatic nitrogens is 2. The summed E-state index contributed by atoms with van der Waals surface area (Å²) < 4.78 is 0.515. The van der Waals surface area contributed by atoms with Crippen molar-refractivity contribution in [2.75, 3.05) is 13.1 Å². The van der Waals surface area contributed by atoms with Crippen molar-refractivity contribution in [2.45, 2.75) is 25.4 Å². The molecular weight excluding hydrogens is 220 g/mol. The van der Waals surface area contributed by atoms with Gasteiger partial charge in [-0.1, -0.05) is 11.3 Å². The van der Waals surface area contributed by atoms with Crippen LogP contribution in [0.15, 0.2) is 0 Å². The summed E-state index contributed by atoms with van der Waals surface area (Å²) in [4.78, 5) is 2.31. The summed E-state index contributed by atoms with van der Waals surface area (Å²) in [6.45, 7) is 2.89. The number of piperidine rings is 1. The van der Waals surface area contributed by atoms with Crippen LogP contribution >= 0.6 is 22.9 Å². The maximum Gasteiger partial charge on any atom is 0.207 e. The molecule has 0 aliphatic carbocycles. The monoisotopic (exact) mass is 232 g/mol. The second kappa shape index (κ2) is 4.53. The zero-order valence-corrected chi connectivity index (χ0v) is 9.39. The predicted molar refractivity (Wildman–Crippen MR) is 57.4 cm³/mol. The van der Waals surface area contributed by atoms with Gasteiger partial charge in [-0.3, -0.25) is 4.90 Å². The Bertz CT molecular complexity index is 303. The van der Waals surface area contributed by atoms with Crippen LogP contribution in [0.2, 0.25) is 4.47 Å². The summed E-state index contributed by atoms with van der Waals surface area (Å²) in [5, 5.41) is 8.74. The number of nitrogens with zero attached hydrogens (tertiary/aromatic N) is 3. The van der Waals surface area contributed by atoms with Crippen LogP contribution in [0.5, 0.6) is 0 Å². The van der Waals surface area contributed by atoms with Crippen molar-refractivity contribution in [2.24, 2.45) is 5.73 Å². The molecule has 78 valence electrons. The number of hydrogen-bond acceptors (Lipinski definition) is 5. The van der Waals surface area contributed by atoms with E-state index in [0.29, 0.717) is 10.5 Å². The fourth-order valence-electron chi connectivity index (χ4n) is 1.72. The van der Waals surface area contributed by atoms with Crippen LogP contribution < -0.4 is 5.73 Å². The molecule has 1 aromatic rings. The van der Waals surface area contributed by atoms with Gasteiger partial charge in [-0.25, -0.2) is 0 Å². The Hall–Kier alpha value is -0.230. The van der Waals surface area contributed by atoms with Crippen molar-refractivity contribution in [1.29, 1.82) is 0 Å². The average molecular weight is 233 g/mol. The minimum atomic E-state index is 0.312. The second-order valence-corrected chi connectivity index (χ2v) is 5.23. The van der Waals surface area contributed by atoms with E-state index in [1.54, 1.807) is 0 Å². The van der Waals surface area contributed by atoms with Crippen molar-refractivity contribution >= 4 is 22.9 Å². The second-order valence-electron chi connectivity index (χ2n) is 3.59. The summed E-state index contributed by atoms with van der Waals surface area (Å²) in [5.74, 6) is 0. The smallest absolute Gasteiger partial charge is 0.207 e. The van der Waals surface area contributed by atoms with Gasteiger partial charge in [0.25, 0.3) is 0 Å². The minimum Gasteiger partial charge on any atom is -0.327 e. The van der Waals surface area contributed by atoms with Crippen LogP contribution in [-0.2, 0) is 6.54 Å². The van der Waals surface area contributed by atoms with Gasteiger partial charge in [-0.05, 0) is 31.0 Å². The van der Waals surface area contributed by atoms with Gasteiger partial charge in [0.15, 0.2) is 0 Å². The Kier molecular flexibility index (Phi) is 3.33. The molecule has 0 aromatic carbocycles. The van der Waals surface area contributed by atoms with Gasteiger partial charge in [0.05, 0.1) is 6.54 Å². The maximum absolute atomic E-state index is 5.88. The fraction of sp³-hybridized carbons (Fsp3) is 0.750. The van der Waals surface area contributed by atoms with Gasteiger partial charge >= 0.3 is 0 Å². The van der Waals surface area contributed by atoms with E-state index in [9.17, 15) is 0 Å². The lowest BCUT2D eigenvalue weighted by atomic mass is 10.1. The van der Waals surface area contributed by atoms with Crippen LogP contribution in [0.3, 0.4) is 0 Å². The van der Waals surface area contributed by atoms with Crippen LogP contribution in [-0.4, -0.2) is 34.2 Å². The Morgan fingerprint density at radius 2 is 2.43 bits per heavy atom. The van der Waals surface area contributed by atoms with Gasteiger partial charge in [-0.2, -0.15) is 0 Å². The summed E-state index contributed by atoms with van der Waals surface area (Å²) in [6, 6.07) is 0.312. The van der Waals surface area contributed by atoms with E-state index in [0.717, 1.165) is 31.1 Å². The van der Waals surface area contributed by atoms with E-state index in [1.165, 1.54) is 17.8 Å². The van der Waals surface area contributed by atoms with Crippen LogP contribution in [0.4, 0.5) is 0 Å². The van der Waals surface area contributed by atoms with E-state index < -0.39 is 0 Å². The summed E-state index contributed by atoms with van der Waals surface area (Å²) >= 11 is 7.15. The van der Waals surface area contributed by atoms with Gasteiger partial charge in [0.1, 0.15) is 5.01 Å². The SMILES string of the molecule is N[C@@H]1CCCN(Cc2nnc(Cl)s2)C1. The first-order valence-corrected chi connectivity index (χ1v) is 5.89. The lowest BCUT2D eigenvalue weighted by molar-refractivity contribution is 0.201. The Balaban J connectivity index is 1.90. The molecule has 4 nitrogen and oxygen atoms in total. The molecule has 14 heavy (non-hydrogen) atoms. The molecule has 1 fully saturated rings. The topological polar surface area (TPSA) is 55.0 Å². The summed E-state index contributed by atoms with van der Waals surface area (Å²) in [6.07, 6.45) is 2.31. The van der Waals surface area contributed by atoms with Crippen LogP contribution in [0.25, 0.3) is 0 Å². The Labute approximate surface area is 92.1 Å². The van der Waals surface area contributed by atoms with Gasteiger partial charge in [-0.15, -0.1) is 10.2 Å². The van der Waals surface area contributed by atoms with Crippen LogP contribution in [0.1, 0.15) is 17.8 Å². The highest BCUT2D eigenvalue weighted by Gasteiger charge is 2.17. The van der Waals surface area contributed by atoms with E-state index in [4.69, 9.17) is 17.3 Å². The molecule has 0 bridgehead atoms. The number of nitrogens with two attached hydrogens (primary N) is 1. The maximum atomic E-state index is 5.88. The third-order valence-corrected chi connectivity index (χ3v) is 3.35. The number of halogens is 1. The predicted octanol–water partition coefficient (Wildman–Crippen LogP) is 1.11. The highest BCUT2D eigenvalue weighted by Crippen LogP contribution is 2.18. The van der Waals surface area contributed by atoms with Gasteiger partial charge < -0.3 is 5.73 Å². The molecule has 1 aliphatic heterocycles. The van der Waals surface area contributed by atoms with E-state index >= 15 is 0 Å². The van der Waals surface area contributed by atoms with Crippen molar-refractivity contribution in [1.82, 2.24) is 15.1 Å². The first-order chi connectivity index (χ1) is 6.74. The molecule has 0 radical (unpaired) electrons. The Morgan fingerprint density at radius 1 is 1.57 bits per heavy atom. The highest BCUT2D eigenvalue weighted by molar-refractivity contribution is 7.15. The quantitative estimate of drug-likeness (QED) is 0.830. The molecule has 0 unspecified atom stereocenters. The third kappa shape index (κ3) is 2.63. The third-order valence-electron chi connectivity index (χ3n) is 2.34. The van der Waals surface area contributed by atoms with Crippen molar-refractivity contribution in [3.05, 3.63) is 9.47 Å². The minimum absolute atomic E-state index is 0.312. The molecule has 1 saturated heterocycles. The van der Waals surface area contributed by atoms with E-state index in [2.05, 4.69) is 15.1 Å². The molecular formula is C8H13ClN4S. The molecule has 0 saturated carbocycles. The number of hydrogen-bond donors (Lipinski definition) is 1. The largest absolute Gasteiger partial charge is 0.327 e. The Morgan fingerprint density at radius 3 is 3.07 bits per heavy atom. The zero-order chi connectivity index (χ0) is 9.97. The standard InChI is InChI=1S/C8H13ClN4S/c9-8-12-11-7(14-8)5-13-3-1-2-6(10)4-13/h6H,1-5,10H2/t6-/m1/s1. The highest BCUT2D eigenvalue weighted by atomic mass is 35.5.